The van der Waals surface area contributed by atoms with Gasteiger partial charge < -0.3 is 10.2 Å². The molecule has 0 aliphatic rings. The van der Waals surface area contributed by atoms with Crippen molar-refractivity contribution in [3.63, 3.8) is 0 Å². The Morgan fingerprint density at radius 2 is 2.15 bits per heavy atom. The second-order valence-corrected chi connectivity index (χ2v) is 5.00. The molecule has 2 heterocycles. The van der Waals surface area contributed by atoms with Gasteiger partial charge in [-0.3, -0.25) is 4.68 Å². The summed E-state index contributed by atoms with van der Waals surface area (Å²) in [5.41, 5.74) is 2.13. The van der Waals surface area contributed by atoms with Gasteiger partial charge in [-0.2, -0.15) is 10.1 Å². The maximum absolute atomic E-state index is 4.55. The van der Waals surface area contributed by atoms with Gasteiger partial charge in [-0.25, -0.2) is 4.98 Å². The lowest BCUT2D eigenvalue weighted by Crippen LogP contribution is -2.19. The van der Waals surface area contributed by atoms with Crippen molar-refractivity contribution in [3.8, 4) is 0 Å². The number of rotatable bonds is 6. The zero-order valence-electron chi connectivity index (χ0n) is 12.6. The molecule has 0 amide bonds. The number of aromatic nitrogens is 4. The maximum Gasteiger partial charge on any atom is 0.224 e. The van der Waals surface area contributed by atoms with E-state index >= 15 is 0 Å². The first-order valence-corrected chi connectivity index (χ1v) is 6.86. The molecule has 0 aromatic carbocycles. The van der Waals surface area contributed by atoms with Gasteiger partial charge in [0, 0.05) is 50.7 Å². The minimum Gasteiger partial charge on any atom is -0.355 e. The van der Waals surface area contributed by atoms with E-state index in [-0.39, 0.29) is 0 Å². The van der Waals surface area contributed by atoms with Crippen LogP contribution in [0.1, 0.15) is 24.6 Å². The first kappa shape index (κ1) is 14.3. The third-order valence-corrected chi connectivity index (χ3v) is 2.94. The fourth-order valence-corrected chi connectivity index (χ4v) is 1.97. The van der Waals surface area contributed by atoms with Crippen LogP contribution in [0, 0.1) is 6.92 Å². The molecular weight excluding hydrogens is 252 g/mol. The van der Waals surface area contributed by atoms with Crippen molar-refractivity contribution in [1.82, 2.24) is 19.7 Å². The lowest BCUT2D eigenvalue weighted by atomic mass is 10.3. The van der Waals surface area contributed by atoms with E-state index in [1.165, 1.54) is 0 Å². The highest BCUT2D eigenvalue weighted by Gasteiger charge is 2.08. The molecule has 2 aromatic heterocycles. The summed E-state index contributed by atoms with van der Waals surface area (Å²) in [5.74, 6) is 1.61. The molecule has 108 valence electrons. The van der Waals surface area contributed by atoms with Crippen molar-refractivity contribution in [1.29, 1.82) is 0 Å². The largest absolute Gasteiger partial charge is 0.355 e. The fourth-order valence-electron chi connectivity index (χ4n) is 1.97. The molecule has 6 heteroatoms. The zero-order chi connectivity index (χ0) is 14.5. The lowest BCUT2D eigenvalue weighted by Gasteiger charge is -2.18. The molecule has 20 heavy (non-hydrogen) atoms. The molecule has 2 aromatic rings. The van der Waals surface area contributed by atoms with E-state index in [0.29, 0.717) is 5.95 Å². The van der Waals surface area contributed by atoms with Gasteiger partial charge in [-0.15, -0.1) is 0 Å². The van der Waals surface area contributed by atoms with Crippen molar-refractivity contribution in [3.05, 3.63) is 29.7 Å². The third-order valence-electron chi connectivity index (χ3n) is 2.94. The van der Waals surface area contributed by atoms with E-state index in [1.54, 1.807) is 0 Å². The second kappa shape index (κ2) is 6.36. The van der Waals surface area contributed by atoms with E-state index in [2.05, 4.69) is 32.2 Å². The highest BCUT2D eigenvalue weighted by Crippen LogP contribution is 2.15. The SMILES string of the molecule is CCCNc1nc(C)cc(N(C)Cc2cnn(C)c2)n1. The topological polar surface area (TPSA) is 58.9 Å². The van der Waals surface area contributed by atoms with Crippen LogP contribution in [0.5, 0.6) is 0 Å². The van der Waals surface area contributed by atoms with Gasteiger partial charge in [0.05, 0.1) is 6.20 Å². The Kier molecular flexibility index (Phi) is 4.55. The van der Waals surface area contributed by atoms with Crippen molar-refractivity contribution in [2.45, 2.75) is 26.8 Å². The van der Waals surface area contributed by atoms with Gasteiger partial charge in [-0.1, -0.05) is 6.92 Å². The van der Waals surface area contributed by atoms with Crippen LogP contribution in [0.2, 0.25) is 0 Å². The van der Waals surface area contributed by atoms with Crippen LogP contribution < -0.4 is 10.2 Å². The quantitative estimate of drug-likeness (QED) is 0.873. The summed E-state index contributed by atoms with van der Waals surface area (Å²) < 4.78 is 1.81. The van der Waals surface area contributed by atoms with Crippen LogP contribution in [0.3, 0.4) is 0 Å². The number of aryl methyl sites for hydroxylation is 2. The molecule has 0 fully saturated rings. The van der Waals surface area contributed by atoms with E-state index in [0.717, 1.165) is 36.6 Å². The number of nitrogens with zero attached hydrogens (tertiary/aromatic N) is 5. The van der Waals surface area contributed by atoms with E-state index in [9.17, 15) is 0 Å². The normalized spacial score (nSPS) is 10.6. The van der Waals surface area contributed by atoms with Crippen molar-refractivity contribution in [2.75, 3.05) is 23.8 Å². The average Bonchev–Trinajstić information content (AvgIpc) is 2.81. The van der Waals surface area contributed by atoms with Gasteiger partial charge in [0.1, 0.15) is 5.82 Å². The zero-order valence-corrected chi connectivity index (χ0v) is 12.6. The Bertz CT molecular complexity index is 563. The van der Waals surface area contributed by atoms with E-state index in [4.69, 9.17) is 0 Å². The molecule has 0 radical (unpaired) electrons. The summed E-state index contributed by atoms with van der Waals surface area (Å²) in [5, 5.41) is 7.42. The van der Waals surface area contributed by atoms with Gasteiger partial charge in [0.25, 0.3) is 0 Å². The van der Waals surface area contributed by atoms with Crippen molar-refractivity contribution < 1.29 is 0 Å². The Balaban J connectivity index is 2.12. The fraction of sp³-hybridized carbons (Fsp3) is 0.500. The molecule has 0 aliphatic heterocycles. The first-order chi connectivity index (χ1) is 9.58. The van der Waals surface area contributed by atoms with Crippen molar-refractivity contribution in [2.24, 2.45) is 7.05 Å². The Labute approximate surface area is 119 Å². The Morgan fingerprint density at radius 1 is 1.35 bits per heavy atom. The summed E-state index contributed by atoms with van der Waals surface area (Å²) in [6, 6.07) is 1.99. The number of nitrogens with one attached hydrogen (secondary N) is 1. The average molecular weight is 274 g/mol. The van der Waals surface area contributed by atoms with Crippen LogP contribution in [0.4, 0.5) is 11.8 Å². The smallest absolute Gasteiger partial charge is 0.224 e. The predicted molar refractivity (Wildman–Crippen MR) is 80.9 cm³/mol. The Hall–Kier alpha value is -2.11. The minimum absolute atomic E-state index is 0.694. The van der Waals surface area contributed by atoms with Crippen LogP contribution >= 0.6 is 0 Å². The number of hydrogen-bond donors (Lipinski definition) is 1. The molecule has 2 rings (SSSR count). The van der Waals surface area contributed by atoms with Gasteiger partial charge in [0.2, 0.25) is 5.95 Å². The van der Waals surface area contributed by atoms with Gasteiger partial charge >= 0.3 is 0 Å². The van der Waals surface area contributed by atoms with Gasteiger partial charge in [-0.05, 0) is 13.3 Å². The highest BCUT2D eigenvalue weighted by molar-refractivity contribution is 5.44. The summed E-state index contributed by atoms with van der Waals surface area (Å²) in [6.07, 6.45) is 4.94. The monoisotopic (exact) mass is 274 g/mol. The van der Waals surface area contributed by atoms with Crippen LogP contribution in [-0.4, -0.2) is 33.3 Å². The third kappa shape index (κ3) is 3.69. The second-order valence-electron chi connectivity index (χ2n) is 5.00. The number of anilines is 2. The van der Waals surface area contributed by atoms with Crippen LogP contribution in [-0.2, 0) is 13.6 Å². The lowest BCUT2D eigenvalue weighted by molar-refractivity contribution is 0.766. The standard InChI is InChI=1S/C14H22N6/c1-5-6-15-14-17-11(2)7-13(18-14)19(3)9-12-8-16-20(4)10-12/h7-8,10H,5-6,9H2,1-4H3,(H,15,17,18). The summed E-state index contributed by atoms with van der Waals surface area (Å²) in [6.45, 7) is 5.77. The minimum atomic E-state index is 0.694. The molecule has 0 unspecified atom stereocenters. The first-order valence-electron chi connectivity index (χ1n) is 6.86. The molecule has 1 N–H and O–H groups in total. The molecule has 6 nitrogen and oxygen atoms in total. The molecule has 0 saturated carbocycles. The number of hydrogen-bond acceptors (Lipinski definition) is 5. The van der Waals surface area contributed by atoms with Crippen molar-refractivity contribution >= 4 is 11.8 Å². The molecule has 0 saturated heterocycles. The summed E-state index contributed by atoms with van der Waals surface area (Å²) >= 11 is 0. The molecule has 0 bridgehead atoms. The molecule has 0 aliphatic carbocycles. The van der Waals surface area contributed by atoms with Crippen LogP contribution in [0.25, 0.3) is 0 Å². The summed E-state index contributed by atoms with van der Waals surface area (Å²) in [7, 11) is 3.95. The maximum atomic E-state index is 4.55. The highest BCUT2D eigenvalue weighted by atomic mass is 15.3. The summed E-state index contributed by atoms with van der Waals surface area (Å²) in [4.78, 5) is 11.1. The molecular formula is C14H22N6. The van der Waals surface area contributed by atoms with Crippen LogP contribution in [0.15, 0.2) is 18.5 Å². The van der Waals surface area contributed by atoms with E-state index < -0.39 is 0 Å². The molecule has 0 atom stereocenters. The van der Waals surface area contributed by atoms with E-state index in [1.807, 2.05) is 44.2 Å². The van der Waals surface area contributed by atoms with Gasteiger partial charge in [0.15, 0.2) is 0 Å². The Morgan fingerprint density at radius 3 is 2.80 bits per heavy atom. The molecule has 0 spiro atoms. The predicted octanol–water partition coefficient (Wildman–Crippen LogP) is 1.98.